The summed E-state index contributed by atoms with van der Waals surface area (Å²) in [5.74, 6) is -0.442. The van der Waals surface area contributed by atoms with Crippen molar-refractivity contribution in [3.63, 3.8) is 0 Å². The molecule has 0 saturated heterocycles. The van der Waals surface area contributed by atoms with Crippen LogP contribution in [-0.2, 0) is 4.74 Å². The summed E-state index contributed by atoms with van der Waals surface area (Å²) in [6.45, 7) is 5.86. The fourth-order valence-electron chi connectivity index (χ4n) is 1.52. The number of hydrogen-bond acceptors (Lipinski definition) is 7. The Morgan fingerprint density at radius 1 is 1.50 bits per heavy atom. The number of esters is 1. The topological polar surface area (TPSA) is 91.2 Å². The molecule has 2 aromatic heterocycles. The van der Waals surface area contributed by atoms with E-state index in [0.29, 0.717) is 10.6 Å². The van der Waals surface area contributed by atoms with Crippen LogP contribution in [0.25, 0.3) is 11.5 Å². The van der Waals surface area contributed by atoms with Gasteiger partial charge < -0.3 is 15.0 Å². The highest BCUT2D eigenvalue weighted by Gasteiger charge is 2.21. The molecule has 0 aliphatic heterocycles. The molecule has 0 aromatic carbocycles. The second-order valence-corrected chi connectivity index (χ2v) is 4.92. The molecule has 0 aliphatic carbocycles. The molecule has 6 nitrogen and oxygen atoms in total. The summed E-state index contributed by atoms with van der Waals surface area (Å²) in [5.41, 5.74) is 7.57. The van der Waals surface area contributed by atoms with Crippen LogP contribution in [0.3, 0.4) is 0 Å². The van der Waals surface area contributed by atoms with Crippen molar-refractivity contribution in [2.75, 3.05) is 12.3 Å². The fourth-order valence-corrected chi connectivity index (χ4v) is 2.45. The van der Waals surface area contributed by atoms with Gasteiger partial charge in [0.25, 0.3) is 11.7 Å². The van der Waals surface area contributed by atoms with Crippen LogP contribution in [0.15, 0.2) is 4.52 Å². The second kappa shape index (κ2) is 4.77. The number of thiophene rings is 1. The molecule has 0 fully saturated rings. The van der Waals surface area contributed by atoms with E-state index in [0.717, 1.165) is 10.4 Å². The second-order valence-electron chi connectivity index (χ2n) is 3.67. The Kier molecular flexibility index (Phi) is 3.33. The third-order valence-electron chi connectivity index (χ3n) is 2.51. The van der Waals surface area contributed by atoms with E-state index in [2.05, 4.69) is 10.1 Å². The van der Waals surface area contributed by atoms with Crippen LogP contribution in [0.1, 0.15) is 28.0 Å². The molecule has 7 heteroatoms. The maximum atomic E-state index is 11.4. The molecule has 0 radical (unpaired) electrons. The van der Waals surface area contributed by atoms with E-state index in [-0.39, 0.29) is 18.3 Å². The smallest absolute Gasteiger partial charge is 0.379 e. The summed E-state index contributed by atoms with van der Waals surface area (Å²) in [4.78, 5) is 16.5. The Morgan fingerprint density at radius 2 is 2.22 bits per heavy atom. The van der Waals surface area contributed by atoms with E-state index in [1.165, 1.54) is 11.3 Å². The average Bonchev–Trinajstić information content (AvgIpc) is 2.86. The normalized spacial score (nSPS) is 10.6. The molecule has 0 aliphatic rings. The average molecular weight is 267 g/mol. The number of hydrogen-bond donors (Lipinski definition) is 1. The van der Waals surface area contributed by atoms with Crippen LogP contribution in [0.4, 0.5) is 5.00 Å². The van der Waals surface area contributed by atoms with E-state index in [9.17, 15) is 4.79 Å². The van der Waals surface area contributed by atoms with Gasteiger partial charge in [0.05, 0.1) is 17.2 Å². The van der Waals surface area contributed by atoms with E-state index in [1.807, 2.05) is 13.8 Å². The minimum absolute atomic E-state index is 0.0884. The number of aromatic nitrogens is 2. The van der Waals surface area contributed by atoms with Crippen molar-refractivity contribution < 1.29 is 14.1 Å². The molecule has 2 heterocycles. The van der Waals surface area contributed by atoms with Gasteiger partial charge in [0.1, 0.15) is 0 Å². The van der Waals surface area contributed by atoms with Gasteiger partial charge in [0.2, 0.25) is 0 Å². The summed E-state index contributed by atoms with van der Waals surface area (Å²) in [7, 11) is 0. The lowest BCUT2D eigenvalue weighted by Crippen LogP contribution is -2.06. The van der Waals surface area contributed by atoms with E-state index in [1.54, 1.807) is 6.92 Å². The first-order valence-corrected chi connectivity index (χ1v) is 6.22. The molecular weight excluding hydrogens is 254 g/mol. The number of anilines is 1. The Morgan fingerprint density at radius 3 is 2.78 bits per heavy atom. The molecule has 0 bridgehead atoms. The predicted octanol–water partition coefficient (Wildman–Crippen LogP) is 2.17. The first kappa shape index (κ1) is 12.6. The van der Waals surface area contributed by atoms with E-state index >= 15 is 0 Å². The van der Waals surface area contributed by atoms with Crippen LogP contribution < -0.4 is 5.73 Å². The van der Waals surface area contributed by atoms with Gasteiger partial charge >= 0.3 is 5.97 Å². The minimum Gasteiger partial charge on any atom is -0.460 e. The highest BCUT2D eigenvalue weighted by molar-refractivity contribution is 7.16. The lowest BCUT2D eigenvalue weighted by Gasteiger charge is -1.95. The molecule has 2 aromatic rings. The molecule has 0 spiro atoms. The largest absolute Gasteiger partial charge is 0.460 e. The van der Waals surface area contributed by atoms with Crippen molar-refractivity contribution in [2.24, 2.45) is 0 Å². The number of aryl methyl sites for hydroxylation is 1. The zero-order chi connectivity index (χ0) is 13.3. The highest BCUT2D eigenvalue weighted by atomic mass is 32.1. The van der Waals surface area contributed by atoms with Gasteiger partial charge in [-0.05, 0) is 31.5 Å². The van der Waals surface area contributed by atoms with Crippen LogP contribution in [0.5, 0.6) is 0 Å². The number of rotatable bonds is 3. The third-order valence-corrected chi connectivity index (χ3v) is 3.55. The molecule has 0 atom stereocenters. The monoisotopic (exact) mass is 267 g/mol. The quantitative estimate of drug-likeness (QED) is 0.857. The number of nitrogens with two attached hydrogens (primary N) is 1. The van der Waals surface area contributed by atoms with Crippen molar-refractivity contribution in [1.82, 2.24) is 10.1 Å². The van der Waals surface area contributed by atoms with E-state index < -0.39 is 5.97 Å². The lowest BCUT2D eigenvalue weighted by molar-refractivity contribution is 0.0508. The van der Waals surface area contributed by atoms with E-state index in [4.69, 9.17) is 15.0 Å². The summed E-state index contributed by atoms with van der Waals surface area (Å²) in [6, 6.07) is 0. The number of ether oxygens (including phenoxy) is 1. The fraction of sp³-hybridized carbons (Fsp3) is 0.364. The lowest BCUT2D eigenvalue weighted by atomic mass is 10.1. The molecule has 0 unspecified atom stereocenters. The maximum Gasteiger partial charge on any atom is 0.379 e. The van der Waals surface area contributed by atoms with Crippen LogP contribution in [0, 0.1) is 13.8 Å². The highest BCUT2D eigenvalue weighted by Crippen LogP contribution is 2.36. The maximum absolute atomic E-state index is 11.4. The Bertz CT molecular complexity index is 588. The van der Waals surface area contributed by atoms with Crippen molar-refractivity contribution >= 4 is 22.3 Å². The Hall–Kier alpha value is -1.89. The molecule has 96 valence electrons. The van der Waals surface area contributed by atoms with Gasteiger partial charge in [0.15, 0.2) is 0 Å². The first-order valence-electron chi connectivity index (χ1n) is 5.41. The summed E-state index contributed by atoms with van der Waals surface area (Å²) >= 11 is 1.45. The van der Waals surface area contributed by atoms with Crippen molar-refractivity contribution in [2.45, 2.75) is 20.8 Å². The summed E-state index contributed by atoms with van der Waals surface area (Å²) < 4.78 is 9.85. The van der Waals surface area contributed by atoms with Crippen molar-refractivity contribution in [1.29, 1.82) is 0 Å². The standard InChI is InChI=1S/C11H13N3O3S/c1-4-16-11(15)9-13-10(17-14-9)7-5(2)6(3)18-8(7)12/h4,12H2,1-3H3. The molecule has 2 N–H and O–H groups in total. The zero-order valence-corrected chi connectivity index (χ0v) is 11.1. The van der Waals surface area contributed by atoms with Gasteiger partial charge in [-0.3, -0.25) is 0 Å². The number of nitrogens with zero attached hydrogens (tertiary/aromatic N) is 2. The SMILES string of the molecule is CCOC(=O)c1noc(-c2c(N)sc(C)c2C)n1. The number of nitrogen functional groups attached to an aromatic ring is 1. The molecule has 0 saturated carbocycles. The molecule has 2 rings (SSSR count). The number of carbonyl (C=O) groups excluding carboxylic acids is 1. The van der Waals surface area contributed by atoms with Crippen molar-refractivity contribution in [3.8, 4) is 11.5 Å². The van der Waals surface area contributed by atoms with Gasteiger partial charge in [-0.2, -0.15) is 4.98 Å². The number of carbonyl (C=O) groups is 1. The Balaban J connectivity index is 2.38. The van der Waals surface area contributed by atoms with Crippen LogP contribution in [-0.4, -0.2) is 22.7 Å². The van der Waals surface area contributed by atoms with Crippen LogP contribution >= 0.6 is 11.3 Å². The first-order chi connectivity index (χ1) is 8.54. The zero-order valence-electron chi connectivity index (χ0n) is 10.3. The molecular formula is C11H13N3O3S. The van der Waals surface area contributed by atoms with Crippen LogP contribution in [0.2, 0.25) is 0 Å². The predicted molar refractivity (Wildman–Crippen MR) is 67.5 cm³/mol. The summed E-state index contributed by atoms with van der Waals surface area (Å²) in [6.07, 6.45) is 0. The molecule has 0 amide bonds. The van der Waals surface area contributed by atoms with Gasteiger partial charge in [0, 0.05) is 4.88 Å². The summed E-state index contributed by atoms with van der Waals surface area (Å²) in [5, 5.41) is 4.19. The van der Waals surface area contributed by atoms with Gasteiger partial charge in [-0.25, -0.2) is 4.79 Å². The third kappa shape index (κ3) is 2.08. The van der Waals surface area contributed by atoms with Gasteiger partial charge in [-0.15, -0.1) is 11.3 Å². The minimum atomic E-state index is -0.601. The van der Waals surface area contributed by atoms with Crippen molar-refractivity contribution in [3.05, 3.63) is 16.3 Å². The van der Waals surface area contributed by atoms with Gasteiger partial charge in [-0.1, -0.05) is 0 Å². The Labute approximate surface area is 108 Å². The molecule has 18 heavy (non-hydrogen) atoms.